The first-order valence-corrected chi connectivity index (χ1v) is 8.33. The van der Waals surface area contributed by atoms with E-state index in [1.807, 2.05) is 42.5 Å². The number of carbonyl (C=O) groups excluding carboxylic acids is 1. The van der Waals surface area contributed by atoms with Crippen molar-refractivity contribution in [2.45, 2.75) is 17.7 Å². The fourth-order valence-corrected chi connectivity index (χ4v) is 2.59. The first-order valence-electron chi connectivity index (χ1n) is 6.97. The van der Waals surface area contributed by atoms with Crippen LogP contribution in [0.15, 0.2) is 64.6 Å². The largest absolute Gasteiger partial charge is 0.272 e. The number of amides is 1. The summed E-state index contributed by atoms with van der Waals surface area (Å²) in [7, 11) is 0. The highest BCUT2D eigenvalue weighted by Crippen LogP contribution is 2.19. The van der Waals surface area contributed by atoms with Crippen LogP contribution in [0, 0.1) is 0 Å². The van der Waals surface area contributed by atoms with Crippen molar-refractivity contribution in [3.63, 3.8) is 0 Å². The maximum atomic E-state index is 11.6. The lowest BCUT2D eigenvalue weighted by Crippen LogP contribution is -2.19. The van der Waals surface area contributed by atoms with Crippen molar-refractivity contribution >= 4 is 35.5 Å². The fraction of sp³-hybridized carbons (Fsp3) is 0.176. The summed E-state index contributed by atoms with van der Waals surface area (Å²) in [6, 6.07) is 17.6. The van der Waals surface area contributed by atoms with E-state index in [1.54, 1.807) is 6.21 Å². The molecule has 0 aliphatic rings. The summed E-state index contributed by atoms with van der Waals surface area (Å²) in [6.45, 7) is 0. The Morgan fingerprint density at radius 3 is 2.59 bits per heavy atom. The molecule has 0 fully saturated rings. The number of aryl methyl sites for hydroxylation is 1. The zero-order valence-corrected chi connectivity index (χ0v) is 13.6. The summed E-state index contributed by atoms with van der Waals surface area (Å²) in [4.78, 5) is 12.7. The number of carbonyl (C=O) groups is 1. The monoisotopic (exact) mass is 332 g/mol. The first-order chi connectivity index (χ1) is 10.7. The van der Waals surface area contributed by atoms with E-state index in [1.165, 1.54) is 17.3 Å². The summed E-state index contributed by atoms with van der Waals surface area (Å²) in [6.07, 6.45) is 3.45. The summed E-state index contributed by atoms with van der Waals surface area (Å²) < 4.78 is 0. The molecule has 0 aliphatic heterocycles. The fourth-order valence-electron chi connectivity index (χ4n) is 1.77. The minimum absolute atomic E-state index is 0.115. The molecule has 2 rings (SSSR count). The van der Waals surface area contributed by atoms with Gasteiger partial charge in [-0.15, -0.1) is 11.8 Å². The van der Waals surface area contributed by atoms with Crippen LogP contribution < -0.4 is 5.43 Å². The summed E-state index contributed by atoms with van der Waals surface area (Å²) in [5.41, 5.74) is 3.80. The molecule has 0 aromatic heterocycles. The number of halogens is 1. The van der Waals surface area contributed by atoms with Crippen LogP contribution in [0.25, 0.3) is 0 Å². The Hall–Kier alpha value is -1.78. The highest BCUT2D eigenvalue weighted by atomic mass is 35.5. The highest BCUT2D eigenvalue weighted by Gasteiger charge is 2.01. The minimum Gasteiger partial charge on any atom is -0.272 e. The second-order valence-corrected chi connectivity index (χ2v) is 6.10. The predicted octanol–water partition coefficient (Wildman–Crippen LogP) is 4.17. The van der Waals surface area contributed by atoms with Crippen LogP contribution in [0.4, 0.5) is 0 Å². The molecule has 0 spiro atoms. The van der Waals surface area contributed by atoms with Gasteiger partial charge in [0.05, 0.1) is 5.75 Å². The first kappa shape index (κ1) is 16.6. The average Bonchev–Trinajstić information content (AvgIpc) is 2.55. The molecular weight excluding hydrogens is 316 g/mol. The van der Waals surface area contributed by atoms with Crippen LogP contribution in [-0.2, 0) is 11.2 Å². The Morgan fingerprint density at radius 1 is 1.14 bits per heavy atom. The van der Waals surface area contributed by atoms with E-state index < -0.39 is 0 Å². The summed E-state index contributed by atoms with van der Waals surface area (Å²) in [5, 5.41) is 4.65. The number of benzene rings is 2. The van der Waals surface area contributed by atoms with Crippen molar-refractivity contribution < 1.29 is 4.79 Å². The molecule has 1 N–H and O–H groups in total. The van der Waals surface area contributed by atoms with Crippen LogP contribution in [0.2, 0.25) is 5.02 Å². The van der Waals surface area contributed by atoms with Gasteiger partial charge in [-0.3, -0.25) is 4.79 Å². The number of thioether (sulfide) groups is 1. The van der Waals surface area contributed by atoms with Gasteiger partial charge in [-0.1, -0.05) is 41.9 Å². The zero-order valence-electron chi connectivity index (χ0n) is 12.0. The van der Waals surface area contributed by atoms with Crippen molar-refractivity contribution in [1.82, 2.24) is 5.43 Å². The number of rotatable bonds is 7. The molecule has 0 heterocycles. The van der Waals surface area contributed by atoms with Gasteiger partial charge in [-0.2, -0.15) is 5.10 Å². The van der Waals surface area contributed by atoms with E-state index >= 15 is 0 Å². The van der Waals surface area contributed by atoms with Crippen molar-refractivity contribution in [2.24, 2.45) is 5.10 Å². The molecule has 2 aromatic rings. The average molecular weight is 333 g/mol. The molecular formula is C17H17ClN2OS. The maximum Gasteiger partial charge on any atom is 0.250 e. The van der Waals surface area contributed by atoms with Gasteiger partial charge in [0.1, 0.15) is 0 Å². The SMILES string of the molecule is O=C(CSc1ccc(Cl)cc1)N/N=C/CCc1ccccc1. The smallest absolute Gasteiger partial charge is 0.250 e. The van der Waals surface area contributed by atoms with Crippen LogP contribution >= 0.6 is 23.4 Å². The third-order valence-corrected chi connectivity index (χ3v) is 4.13. The maximum absolute atomic E-state index is 11.6. The van der Waals surface area contributed by atoms with Gasteiger partial charge in [0.2, 0.25) is 5.91 Å². The molecule has 0 radical (unpaired) electrons. The number of nitrogens with one attached hydrogen (secondary N) is 1. The molecule has 0 atom stereocenters. The lowest BCUT2D eigenvalue weighted by Gasteiger charge is -2.01. The van der Waals surface area contributed by atoms with Crippen molar-refractivity contribution in [3.05, 3.63) is 65.2 Å². The Balaban J connectivity index is 1.63. The lowest BCUT2D eigenvalue weighted by molar-refractivity contribution is -0.118. The molecule has 0 aliphatic carbocycles. The van der Waals surface area contributed by atoms with Gasteiger partial charge in [-0.25, -0.2) is 5.43 Å². The minimum atomic E-state index is -0.115. The van der Waals surface area contributed by atoms with Crippen LogP contribution in [0.1, 0.15) is 12.0 Å². The Bertz CT molecular complexity index is 614. The van der Waals surface area contributed by atoms with Crippen LogP contribution in [0.3, 0.4) is 0 Å². The molecule has 114 valence electrons. The van der Waals surface area contributed by atoms with Gasteiger partial charge in [-0.05, 0) is 42.7 Å². The Kier molecular flexibility index (Phi) is 7.00. The lowest BCUT2D eigenvalue weighted by atomic mass is 10.1. The number of hydrazone groups is 1. The van der Waals surface area contributed by atoms with Crippen LogP contribution in [-0.4, -0.2) is 17.9 Å². The molecule has 0 unspecified atom stereocenters. The van der Waals surface area contributed by atoms with Gasteiger partial charge < -0.3 is 0 Å². The number of nitrogens with zero attached hydrogens (tertiary/aromatic N) is 1. The second kappa shape index (κ2) is 9.28. The highest BCUT2D eigenvalue weighted by molar-refractivity contribution is 8.00. The predicted molar refractivity (Wildman–Crippen MR) is 93.6 cm³/mol. The van der Waals surface area contributed by atoms with E-state index in [4.69, 9.17) is 11.6 Å². The third kappa shape index (κ3) is 6.33. The standard InChI is InChI=1S/C17H17ClN2OS/c18-15-8-10-16(11-9-15)22-13-17(21)20-19-12-4-7-14-5-2-1-3-6-14/h1-3,5-6,8-12H,4,7,13H2,(H,20,21)/b19-12+. The summed E-state index contributed by atoms with van der Waals surface area (Å²) in [5.74, 6) is 0.216. The van der Waals surface area contributed by atoms with Gasteiger partial charge in [0.15, 0.2) is 0 Å². The Labute approximate surface area is 139 Å². The van der Waals surface area contributed by atoms with Crippen molar-refractivity contribution in [2.75, 3.05) is 5.75 Å². The van der Waals surface area contributed by atoms with Crippen molar-refractivity contribution in [1.29, 1.82) is 0 Å². The van der Waals surface area contributed by atoms with Gasteiger partial charge >= 0.3 is 0 Å². The zero-order chi connectivity index (χ0) is 15.6. The molecule has 5 heteroatoms. The van der Waals surface area contributed by atoms with E-state index in [2.05, 4.69) is 22.7 Å². The number of hydrogen-bond acceptors (Lipinski definition) is 3. The molecule has 1 amide bonds. The second-order valence-electron chi connectivity index (χ2n) is 4.61. The van der Waals surface area contributed by atoms with E-state index in [9.17, 15) is 4.79 Å². The molecule has 0 saturated carbocycles. The molecule has 22 heavy (non-hydrogen) atoms. The van der Waals surface area contributed by atoms with Crippen molar-refractivity contribution in [3.8, 4) is 0 Å². The van der Waals surface area contributed by atoms with Gasteiger partial charge in [0.25, 0.3) is 0 Å². The van der Waals surface area contributed by atoms with Crippen LogP contribution in [0.5, 0.6) is 0 Å². The topological polar surface area (TPSA) is 41.5 Å². The quantitative estimate of drug-likeness (QED) is 0.470. The Morgan fingerprint density at radius 2 is 1.86 bits per heavy atom. The van der Waals surface area contributed by atoms with Gasteiger partial charge in [0, 0.05) is 16.1 Å². The normalized spacial score (nSPS) is 10.8. The van der Waals surface area contributed by atoms with E-state index in [0.717, 1.165) is 17.7 Å². The molecule has 0 bridgehead atoms. The third-order valence-electron chi connectivity index (χ3n) is 2.87. The van der Waals surface area contributed by atoms with E-state index in [0.29, 0.717) is 10.8 Å². The number of hydrogen-bond donors (Lipinski definition) is 1. The van der Waals surface area contributed by atoms with E-state index in [-0.39, 0.29) is 5.91 Å². The molecule has 2 aromatic carbocycles. The molecule has 3 nitrogen and oxygen atoms in total. The molecule has 0 saturated heterocycles. The summed E-state index contributed by atoms with van der Waals surface area (Å²) >= 11 is 7.26.